The molecule has 1 aliphatic rings. The second-order valence-corrected chi connectivity index (χ2v) is 6.69. The van der Waals surface area contributed by atoms with Gasteiger partial charge in [-0.1, -0.05) is 11.6 Å². The van der Waals surface area contributed by atoms with E-state index in [9.17, 15) is 9.18 Å². The predicted molar refractivity (Wildman–Crippen MR) is 79.8 cm³/mol. The van der Waals surface area contributed by atoms with E-state index in [2.05, 4.69) is 10.6 Å². The molecule has 1 saturated carbocycles. The molecule has 2 atom stereocenters. The summed E-state index contributed by atoms with van der Waals surface area (Å²) in [5.74, 6) is -0.349. The molecule has 0 aliphatic heterocycles. The summed E-state index contributed by atoms with van der Waals surface area (Å²) in [6.07, 6.45) is 0.424. The topological polar surface area (TPSA) is 50.4 Å². The molecule has 0 bridgehead atoms. The highest BCUT2D eigenvalue weighted by Crippen LogP contribution is 2.23. The van der Waals surface area contributed by atoms with Crippen LogP contribution < -0.4 is 10.6 Å². The summed E-state index contributed by atoms with van der Waals surface area (Å²) in [7, 11) is 0. The van der Waals surface area contributed by atoms with E-state index in [1.54, 1.807) is 6.07 Å². The van der Waals surface area contributed by atoms with Crippen LogP contribution >= 0.6 is 11.6 Å². The van der Waals surface area contributed by atoms with Crippen molar-refractivity contribution in [3.8, 4) is 0 Å². The minimum atomic E-state index is -0.500. The van der Waals surface area contributed by atoms with Gasteiger partial charge in [0.05, 0.1) is 0 Å². The van der Waals surface area contributed by atoms with Gasteiger partial charge in [0, 0.05) is 23.7 Å². The van der Waals surface area contributed by atoms with E-state index in [-0.39, 0.29) is 17.9 Å². The van der Waals surface area contributed by atoms with Crippen molar-refractivity contribution in [1.82, 2.24) is 10.6 Å². The maximum absolute atomic E-state index is 13.2. The average Bonchev–Trinajstić information content (AvgIpc) is 3.00. The summed E-state index contributed by atoms with van der Waals surface area (Å²) in [6, 6.07) is 4.67. The third-order valence-electron chi connectivity index (χ3n) is 2.98. The molecule has 0 aromatic heterocycles. The first-order chi connectivity index (χ1) is 9.73. The van der Waals surface area contributed by atoms with E-state index in [1.807, 2.05) is 20.8 Å². The van der Waals surface area contributed by atoms with Crippen molar-refractivity contribution in [1.29, 1.82) is 0 Å². The lowest BCUT2D eigenvalue weighted by molar-refractivity contribution is 0.0522. The van der Waals surface area contributed by atoms with E-state index in [1.165, 1.54) is 12.1 Å². The first-order valence-corrected chi connectivity index (χ1v) is 7.28. The van der Waals surface area contributed by atoms with Gasteiger partial charge in [-0.2, -0.15) is 0 Å². The van der Waals surface area contributed by atoms with Crippen molar-refractivity contribution in [3.05, 3.63) is 34.6 Å². The summed E-state index contributed by atoms with van der Waals surface area (Å²) in [4.78, 5) is 11.6. The predicted octanol–water partition coefficient (Wildman–Crippen LogP) is 3.23. The molecule has 6 heteroatoms. The summed E-state index contributed by atoms with van der Waals surface area (Å²) in [6.45, 7) is 5.98. The minimum absolute atomic E-state index is 0.0591. The Morgan fingerprint density at radius 3 is 2.71 bits per heavy atom. The third kappa shape index (κ3) is 5.52. The standard InChI is InChI=1S/C15H20ClFN2O2/c1-15(2,3)21-14(20)19-13-7-12(13)18-8-9-4-10(16)6-11(17)5-9/h4-6,12-13,18H,7-8H2,1-3H3,(H,19,20). The van der Waals surface area contributed by atoms with Crippen LogP contribution in [-0.4, -0.2) is 23.8 Å². The van der Waals surface area contributed by atoms with E-state index in [0.29, 0.717) is 11.6 Å². The molecule has 4 nitrogen and oxygen atoms in total. The van der Waals surface area contributed by atoms with Gasteiger partial charge in [-0.15, -0.1) is 0 Å². The molecule has 1 aromatic carbocycles. The number of benzene rings is 1. The number of carbonyl (C=O) groups excluding carboxylic acids is 1. The Labute approximate surface area is 129 Å². The first-order valence-electron chi connectivity index (χ1n) is 6.91. The Morgan fingerprint density at radius 2 is 2.10 bits per heavy atom. The Hall–Kier alpha value is -1.33. The molecule has 1 aliphatic carbocycles. The van der Waals surface area contributed by atoms with Crippen molar-refractivity contribution in [3.63, 3.8) is 0 Å². The van der Waals surface area contributed by atoms with Crippen LogP contribution in [0.1, 0.15) is 32.8 Å². The maximum atomic E-state index is 13.2. The number of hydrogen-bond donors (Lipinski definition) is 2. The molecule has 21 heavy (non-hydrogen) atoms. The van der Waals surface area contributed by atoms with E-state index in [0.717, 1.165) is 12.0 Å². The number of halogens is 2. The number of ether oxygens (including phenoxy) is 1. The molecule has 0 radical (unpaired) electrons. The van der Waals surface area contributed by atoms with Gasteiger partial charge in [0.15, 0.2) is 0 Å². The smallest absolute Gasteiger partial charge is 0.407 e. The number of carbonyl (C=O) groups is 1. The Morgan fingerprint density at radius 1 is 1.38 bits per heavy atom. The highest BCUT2D eigenvalue weighted by Gasteiger charge is 2.38. The lowest BCUT2D eigenvalue weighted by Crippen LogP contribution is -2.36. The molecule has 1 amide bonds. The number of hydrogen-bond acceptors (Lipinski definition) is 3. The highest BCUT2D eigenvalue weighted by atomic mass is 35.5. The Kier molecular flexibility index (Phi) is 4.74. The molecule has 0 saturated heterocycles. The summed E-state index contributed by atoms with van der Waals surface area (Å²) in [5.41, 5.74) is 0.281. The number of nitrogens with one attached hydrogen (secondary N) is 2. The SMILES string of the molecule is CC(C)(C)OC(=O)NC1CC1NCc1cc(F)cc(Cl)c1. The van der Waals surface area contributed by atoms with Crippen molar-refractivity contribution in [2.24, 2.45) is 0 Å². The van der Waals surface area contributed by atoms with Gasteiger partial charge in [-0.3, -0.25) is 0 Å². The summed E-state index contributed by atoms with van der Waals surface area (Å²) >= 11 is 5.80. The van der Waals surface area contributed by atoms with Gasteiger partial charge in [-0.05, 0) is 51.0 Å². The van der Waals surface area contributed by atoms with Crippen LogP contribution in [0.25, 0.3) is 0 Å². The quantitative estimate of drug-likeness (QED) is 0.897. The number of amides is 1. The van der Waals surface area contributed by atoms with Crippen molar-refractivity contribution in [2.75, 3.05) is 0 Å². The molecule has 1 aromatic rings. The minimum Gasteiger partial charge on any atom is -0.444 e. The first kappa shape index (κ1) is 16.0. The number of rotatable bonds is 4. The van der Waals surface area contributed by atoms with Crippen LogP contribution in [0.2, 0.25) is 5.02 Å². The fraction of sp³-hybridized carbons (Fsp3) is 0.533. The fourth-order valence-electron chi connectivity index (χ4n) is 2.00. The van der Waals surface area contributed by atoms with Gasteiger partial charge >= 0.3 is 6.09 Å². The highest BCUT2D eigenvalue weighted by molar-refractivity contribution is 6.30. The van der Waals surface area contributed by atoms with Gasteiger partial charge in [0.25, 0.3) is 0 Å². The fourth-order valence-corrected chi connectivity index (χ4v) is 2.25. The monoisotopic (exact) mass is 314 g/mol. The lowest BCUT2D eigenvalue weighted by atomic mass is 10.2. The van der Waals surface area contributed by atoms with Gasteiger partial charge in [0.2, 0.25) is 0 Å². The average molecular weight is 315 g/mol. The second kappa shape index (κ2) is 6.20. The van der Waals surface area contributed by atoms with Crippen LogP contribution in [-0.2, 0) is 11.3 Å². The molecule has 0 heterocycles. The molecular weight excluding hydrogens is 295 g/mol. The zero-order valence-corrected chi connectivity index (χ0v) is 13.1. The van der Waals surface area contributed by atoms with E-state index >= 15 is 0 Å². The molecule has 2 rings (SSSR count). The zero-order chi connectivity index (χ0) is 15.6. The van der Waals surface area contributed by atoms with Crippen molar-refractivity contribution in [2.45, 2.75) is 51.4 Å². The van der Waals surface area contributed by atoms with Crippen LogP contribution in [0.5, 0.6) is 0 Å². The van der Waals surface area contributed by atoms with Crippen molar-refractivity contribution < 1.29 is 13.9 Å². The van der Waals surface area contributed by atoms with Crippen LogP contribution in [0.15, 0.2) is 18.2 Å². The normalized spacial score (nSPS) is 21.0. The zero-order valence-electron chi connectivity index (χ0n) is 12.4. The van der Waals surface area contributed by atoms with E-state index < -0.39 is 11.7 Å². The molecule has 2 unspecified atom stereocenters. The molecule has 1 fully saturated rings. The molecule has 116 valence electrons. The van der Waals surface area contributed by atoms with Crippen LogP contribution in [0.4, 0.5) is 9.18 Å². The van der Waals surface area contributed by atoms with Crippen LogP contribution in [0, 0.1) is 5.82 Å². The molecule has 2 N–H and O–H groups in total. The summed E-state index contributed by atoms with van der Waals surface area (Å²) < 4.78 is 18.4. The van der Waals surface area contributed by atoms with Crippen molar-refractivity contribution >= 4 is 17.7 Å². The van der Waals surface area contributed by atoms with Crippen LogP contribution in [0.3, 0.4) is 0 Å². The second-order valence-electron chi connectivity index (χ2n) is 6.25. The Balaban J connectivity index is 1.73. The maximum Gasteiger partial charge on any atom is 0.407 e. The van der Waals surface area contributed by atoms with Gasteiger partial charge in [0.1, 0.15) is 11.4 Å². The number of alkyl carbamates (subject to hydrolysis) is 1. The third-order valence-corrected chi connectivity index (χ3v) is 3.20. The van der Waals surface area contributed by atoms with Gasteiger partial charge < -0.3 is 15.4 Å². The Bertz CT molecular complexity index is 511. The largest absolute Gasteiger partial charge is 0.444 e. The lowest BCUT2D eigenvalue weighted by Gasteiger charge is -2.19. The molecule has 0 spiro atoms. The summed E-state index contributed by atoms with van der Waals surface area (Å²) in [5, 5.41) is 6.43. The van der Waals surface area contributed by atoms with Gasteiger partial charge in [-0.25, -0.2) is 9.18 Å². The molecular formula is C15H20ClFN2O2. The van der Waals surface area contributed by atoms with E-state index in [4.69, 9.17) is 16.3 Å².